The van der Waals surface area contributed by atoms with E-state index >= 15 is 0 Å². The first-order chi connectivity index (χ1) is 12.6. The minimum atomic E-state index is -0.758. The van der Waals surface area contributed by atoms with Crippen molar-refractivity contribution >= 4 is 23.3 Å². The average Bonchev–Trinajstić information content (AvgIpc) is 2.67. The molecule has 0 aromatic heterocycles. The van der Waals surface area contributed by atoms with Crippen LogP contribution in [0.4, 0.5) is 5.69 Å². The predicted molar refractivity (Wildman–Crippen MR) is 106 cm³/mol. The van der Waals surface area contributed by atoms with Gasteiger partial charge in [0.2, 0.25) is 0 Å². The van der Waals surface area contributed by atoms with Gasteiger partial charge in [-0.1, -0.05) is 41.9 Å². The van der Waals surface area contributed by atoms with E-state index in [9.17, 15) is 9.90 Å². The Hall–Kier alpha value is -2.04. The van der Waals surface area contributed by atoms with Crippen LogP contribution in [0.25, 0.3) is 0 Å². The van der Waals surface area contributed by atoms with Crippen molar-refractivity contribution in [1.82, 2.24) is 4.90 Å². The summed E-state index contributed by atoms with van der Waals surface area (Å²) in [4.78, 5) is 15.8. The molecule has 0 aliphatic carbocycles. The molecule has 0 saturated carbocycles. The molecule has 0 amide bonds. The maximum Gasteiger partial charge on any atom is 0.317 e. The second-order valence-corrected chi connectivity index (χ2v) is 7.23. The summed E-state index contributed by atoms with van der Waals surface area (Å²) in [6, 6.07) is 18.5. The third kappa shape index (κ3) is 5.23. The van der Waals surface area contributed by atoms with E-state index in [-0.39, 0.29) is 6.54 Å². The number of hydrogen-bond acceptors (Lipinski definition) is 3. The molecule has 1 aliphatic heterocycles. The van der Waals surface area contributed by atoms with Gasteiger partial charge in [-0.15, -0.1) is 0 Å². The minimum Gasteiger partial charge on any atom is -0.480 e. The zero-order valence-electron chi connectivity index (χ0n) is 14.9. The van der Waals surface area contributed by atoms with Gasteiger partial charge in [0, 0.05) is 36.4 Å². The van der Waals surface area contributed by atoms with Crippen molar-refractivity contribution in [2.75, 3.05) is 31.1 Å². The van der Waals surface area contributed by atoms with Crippen LogP contribution in [-0.2, 0) is 11.2 Å². The lowest BCUT2D eigenvalue weighted by Crippen LogP contribution is -2.47. The zero-order valence-corrected chi connectivity index (χ0v) is 15.6. The molecule has 1 heterocycles. The van der Waals surface area contributed by atoms with E-state index in [1.165, 1.54) is 11.3 Å². The molecular formula is C21H25ClN2O2. The highest BCUT2D eigenvalue weighted by molar-refractivity contribution is 6.30. The Kier molecular flexibility index (Phi) is 6.53. The van der Waals surface area contributed by atoms with Gasteiger partial charge in [0.1, 0.15) is 0 Å². The first kappa shape index (κ1) is 18.7. The van der Waals surface area contributed by atoms with E-state index in [1.807, 2.05) is 30.3 Å². The van der Waals surface area contributed by atoms with Crippen molar-refractivity contribution in [3.05, 3.63) is 65.2 Å². The molecule has 5 heteroatoms. The van der Waals surface area contributed by atoms with Gasteiger partial charge in [-0.2, -0.15) is 0 Å². The summed E-state index contributed by atoms with van der Waals surface area (Å²) in [6.45, 7) is 2.78. The summed E-state index contributed by atoms with van der Waals surface area (Å²) < 4.78 is 0. The first-order valence-electron chi connectivity index (χ1n) is 9.12. The van der Waals surface area contributed by atoms with Gasteiger partial charge in [0.05, 0.1) is 6.54 Å². The molecule has 2 aromatic rings. The Labute approximate surface area is 160 Å². The monoisotopic (exact) mass is 372 g/mol. The summed E-state index contributed by atoms with van der Waals surface area (Å²) in [7, 11) is 0. The van der Waals surface area contributed by atoms with Crippen LogP contribution in [0.2, 0.25) is 5.02 Å². The third-order valence-electron chi connectivity index (χ3n) is 5.04. The number of carboxylic acid groups (broad SMARTS) is 1. The highest BCUT2D eigenvalue weighted by Gasteiger charge is 2.25. The number of aliphatic carboxylic acids is 1. The molecule has 1 fully saturated rings. The molecule has 0 radical (unpaired) electrons. The molecule has 2 aromatic carbocycles. The molecule has 138 valence electrons. The molecule has 0 bridgehead atoms. The molecule has 1 N–H and O–H groups in total. The lowest BCUT2D eigenvalue weighted by atomic mass is 10.0. The van der Waals surface area contributed by atoms with Crippen LogP contribution in [0.1, 0.15) is 18.4 Å². The maximum absolute atomic E-state index is 11.3. The van der Waals surface area contributed by atoms with Crippen molar-refractivity contribution in [3.8, 4) is 0 Å². The quantitative estimate of drug-likeness (QED) is 0.799. The van der Waals surface area contributed by atoms with Crippen molar-refractivity contribution < 1.29 is 9.90 Å². The van der Waals surface area contributed by atoms with Crippen LogP contribution in [0.15, 0.2) is 54.6 Å². The molecule has 3 rings (SSSR count). The van der Waals surface area contributed by atoms with E-state index in [2.05, 4.69) is 34.1 Å². The predicted octanol–water partition coefficient (Wildman–Crippen LogP) is 3.94. The average molecular weight is 373 g/mol. The summed E-state index contributed by atoms with van der Waals surface area (Å²) in [5.74, 6) is -0.758. The van der Waals surface area contributed by atoms with Gasteiger partial charge in [0.25, 0.3) is 0 Å². The van der Waals surface area contributed by atoms with E-state index in [1.54, 1.807) is 0 Å². The maximum atomic E-state index is 11.3. The third-order valence-corrected chi connectivity index (χ3v) is 5.29. The van der Waals surface area contributed by atoms with Crippen LogP contribution >= 0.6 is 11.6 Å². The summed E-state index contributed by atoms with van der Waals surface area (Å²) >= 11 is 5.94. The topological polar surface area (TPSA) is 43.8 Å². The Bertz CT molecular complexity index is 698. The van der Waals surface area contributed by atoms with Gasteiger partial charge in [-0.05, 0) is 49.1 Å². The number of para-hydroxylation sites is 1. The highest BCUT2D eigenvalue weighted by Crippen LogP contribution is 2.22. The van der Waals surface area contributed by atoms with Gasteiger partial charge >= 0.3 is 5.97 Å². The number of hydrogen-bond donors (Lipinski definition) is 1. The normalized spacial score (nSPS) is 15.4. The van der Waals surface area contributed by atoms with E-state index in [4.69, 9.17) is 11.6 Å². The van der Waals surface area contributed by atoms with Crippen molar-refractivity contribution in [2.45, 2.75) is 25.3 Å². The van der Waals surface area contributed by atoms with Crippen molar-refractivity contribution in [2.24, 2.45) is 0 Å². The Morgan fingerprint density at radius 3 is 2.35 bits per heavy atom. The van der Waals surface area contributed by atoms with Crippen molar-refractivity contribution in [1.29, 1.82) is 0 Å². The minimum absolute atomic E-state index is 0.101. The fourth-order valence-electron chi connectivity index (χ4n) is 3.62. The number of carbonyl (C=O) groups is 1. The fraction of sp³-hybridized carbons (Fsp3) is 0.381. The fourth-order valence-corrected chi connectivity index (χ4v) is 3.74. The van der Waals surface area contributed by atoms with Crippen LogP contribution in [0.5, 0.6) is 0 Å². The second-order valence-electron chi connectivity index (χ2n) is 6.79. The van der Waals surface area contributed by atoms with Crippen LogP contribution < -0.4 is 4.90 Å². The van der Waals surface area contributed by atoms with Gasteiger partial charge in [0.15, 0.2) is 0 Å². The molecule has 1 saturated heterocycles. The van der Waals surface area contributed by atoms with E-state index in [0.717, 1.165) is 43.9 Å². The molecular weight excluding hydrogens is 348 g/mol. The first-order valence-corrected chi connectivity index (χ1v) is 9.50. The standard InChI is InChI=1S/C21H25ClN2O2/c22-18-8-6-17(7-9-18)10-13-24(16-21(25)26)20-11-14-23(15-12-20)19-4-2-1-3-5-19/h1-9,20H,10-16H2,(H,25,26). The number of nitrogens with zero attached hydrogens (tertiary/aromatic N) is 2. The van der Waals surface area contributed by atoms with Gasteiger partial charge < -0.3 is 10.0 Å². The molecule has 1 aliphatic rings. The largest absolute Gasteiger partial charge is 0.480 e. The Balaban J connectivity index is 1.57. The smallest absolute Gasteiger partial charge is 0.317 e. The number of rotatable bonds is 7. The van der Waals surface area contributed by atoms with Crippen LogP contribution in [0.3, 0.4) is 0 Å². The highest BCUT2D eigenvalue weighted by atomic mass is 35.5. The van der Waals surface area contributed by atoms with Gasteiger partial charge in [-0.25, -0.2) is 0 Å². The summed E-state index contributed by atoms with van der Waals surface area (Å²) in [5, 5.41) is 10.0. The van der Waals surface area contributed by atoms with E-state index < -0.39 is 5.97 Å². The lowest BCUT2D eigenvalue weighted by Gasteiger charge is -2.39. The molecule has 26 heavy (non-hydrogen) atoms. The Morgan fingerprint density at radius 1 is 1.08 bits per heavy atom. The van der Waals surface area contributed by atoms with Crippen LogP contribution in [-0.4, -0.2) is 48.2 Å². The molecule has 0 spiro atoms. The summed E-state index contributed by atoms with van der Waals surface area (Å²) in [5.41, 5.74) is 2.43. The zero-order chi connectivity index (χ0) is 18.4. The summed E-state index contributed by atoms with van der Waals surface area (Å²) in [6.07, 6.45) is 2.81. The van der Waals surface area contributed by atoms with Crippen LogP contribution in [0, 0.1) is 0 Å². The second kappa shape index (κ2) is 9.06. The molecule has 0 atom stereocenters. The number of halogens is 1. The number of anilines is 1. The lowest BCUT2D eigenvalue weighted by molar-refractivity contribution is -0.139. The van der Waals surface area contributed by atoms with Gasteiger partial charge in [-0.3, -0.25) is 9.69 Å². The van der Waals surface area contributed by atoms with E-state index in [0.29, 0.717) is 6.04 Å². The number of carboxylic acids is 1. The van der Waals surface area contributed by atoms with Crippen molar-refractivity contribution in [3.63, 3.8) is 0 Å². The Morgan fingerprint density at radius 2 is 1.73 bits per heavy atom. The molecule has 4 nitrogen and oxygen atoms in total. The number of piperidine rings is 1. The molecule has 0 unspecified atom stereocenters. The number of benzene rings is 2. The SMILES string of the molecule is O=C(O)CN(CCc1ccc(Cl)cc1)C1CCN(c2ccccc2)CC1.